The van der Waals surface area contributed by atoms with Crippen molar-refractivity contribution in [3.8, 4) is 28.1 Å². The van der Waals surface area contributed by atoms with Crippen molar-refractivity contribution >= 4 is 6.08 Å². The molecule has 4 aromatic carbocycles. The molecule has 0 radical (unpaired) electrons. The van der Waals surface area contributed by atoms with Crippen LogP contribution in [0.25, 0.3) is 28.5 Å². The molecule has 0 unspecified atom stereocenters. The Bertz CT molecular complexity index is 1890. The minimum atomic E-state index is -4.68. The molecule has 5 aromatic rings. The molecular weight excluding hydrogens is 650 g/mol. The molecule has 0 aliphatic carbocycles. The Morgan fingerprint density at radius 2 is 1.33 bits per heavy atom. The van der Waals surface area contributed by atoms with E-state index < -0.39 is 52.3 Å². The van der Waals surface area contributed by atoms with Gasteiger partial charge in [-0.25, -0.2) is 26.3 Å². The fourth-order valence-corrected chi connectivity index (χ4v) is 5.30. The Morgan fingerprint density at radius 1 is 0.673 bits per heavy atom. The van der Waals surface area contributed by atoms with Gasteiger partial charge in [0.15, 0.2) is 17.5 Å². The molecule has 0 amide bonds. The molecule has 0 fully saturated rings. The molecule has 49 heavy (non-hydrogen) atoms. The second-order valence-electron chi connectivity index (χ2n) is 11.5. The Labute approximate surface area is 278 Å². The van der Waals surface area contributed by atoms with Gasteiger partial charge in [0.05, 0.1) is 5.69 Å². The van der Waals surface area contributed by atoms with Gasteiger partial charge in [-0.05, 0) is 77.8 Å². The predicted octanol–water partition coefficient (Wildman–Crippen LogP) is 11.8. The van der Waals surface area contributed by atoms with Crippen LogP contribution >= 0.6 is 0 Å². The number of unbranched alkanes of at least 4 members (excludes halogenated alkanes) is 2. The number of ether oxygens (including phenoxy) is 1. The molecule has 0 atom stereocenters. The molecule has 0 aliphatic heterocycles. The first-order valence-electron chi connectivity index (χ1n) is 15.7. The summed E-state index contributed by atoms with van der Waals surface area (Å²) in [6, 6.07) is 18.1. The van der Waals surface area contributed by atoms with E-state index in [4.69, 9.17) is 0 Å². The zero-order valence-electron chi connectivity index (χ0n) is 26.4. The summed E-state index contributed by atoms with van der Waals surface area (Å²) in [6.07, 6.45) is 5.02. The van der Waals surface area contributed by atoms with Crippen LogP contribution in [0.4, 0.5) is 35.1 Å². The van der Waals surface area contributed by atoms with E-state index in [1.807, 2.05) is 36.5 Å². The van der Waals surface area contributed by atoms with E-state index in [1.165, 1.54) is 36.6 Å². The van der Waals surface area contributed by atoms with Gasteiger partial charge in [-0.1, -0.05) is 74.4 Å². The van der Waals surface area contributed by atoms with Crippen molar-refractivity contribution in [1.29, 1.82) is 0 Å². The smallest absolute Gasteiger partial charge is 0.429 e. The van der Waals surface area contributed by atoms with Gasteiger partial charge in [-0.15, -0.1) is 0 Å². The third-order valence-corrected chi connectivity index (χ3v) is 7.91. The van der Waals surface area contributed by atoms with Crippen molar-refractivity contribution < 1.29 is 39.9 Å². The van der Waals surface area contributed by atoms with Crippen LogP contribution in [0.1, 0.15) is 54.9 Å². The number of allylic oxidation sites excluding steroid dienone is 1. The molecule has 0 spiro atoms. The fourth-order valence-electron chi connectivity index (χ4n) is 5.30. The van der Waals surface area contributed by atoms with Crippen molar-refractivity contribution in [3.05, 3.63) is 148 Å². The van der Waals surface area contributed by atoms with E-state index in [1.54, 1.807) is 12.1 Å². The van der Waals surface area contributed by atoms with E-state index >= 15 is 0 Å². The standard InChI is InChI=1S/C39H31F8NO/c1-2-3-4-7-24-10-17-36(48-23-24)28-14-11-26(12-15-28)29-16-13-27(31(40)20-29)9-6-5-8-25-18-32(41)37(33(42)19-25)39(46,47)49-30-21-34(43)38(45)35(44)22-30/h5,8,10-23H,2-4,6-7,9H2,1H3. The summed E-state index contributed by atoms with van der Waals surface area (Å²) in [5, 5.41) is 0. The van der Waals surface area contributed by atoms with Gasteiger partial charge in [-0.2, -0.15) is 8.78 Å². The SMILES string of the molecule is CCCCCc1ccc(-c2ccc(-c3ccc(CCC=Cc4cc(F)c(C(F)(F)Oc5cc(F)c(F)c(F)c5)c(F)c4)c(F)c3)cc2)nc1. The second kappa shape index (κ2) is 15.5. The monoisotopic (exact) mass is 681 g/mol. The molecule has 5 rings (SSSR count). The highest BCUT2D eigenvalue weighted by atomic mass is 19.3. The molecule has 0 N–H and O–H groups in total. The number of halogens is 8. The van der Waals surface area contributed by atoms with Crippen molar-refractivity contribution in [1.82, 2.24) is 4.98 Å². The molecule has 10 heteroatoms. The van der Waals surface area contributed by atoms with Gasteiger partial charge >= 0.3 is 6.11 Å². The lowest BCUT2D eigenvalue weighted by atomic mass is 9.99. The highest BCUT2D eigenvalue weighted by Crippen LogP contribution is 2.36. The van der Waals surface area contributed by atoms with Crippen LogP contribution in [-0.2, 0) is 19.0 Å². The quantitative estimate of drug-likeness (QED) is 0.0701. The predicted molar refractivity (Wildman–Crippen MR) is 173 cm³/mol. The first-order valence-corrected chi connectivity index (χ1v) is 15.7. The number of aryl methyl sites for hydroxylation is 2. The highest BCUT2D eigenvalue weighted by molar-refractivity contribution is 5.69. The minimum absolute atomic E-state index is 0.106. The molecule has 2 nitrogen and oxygen atoms in total. The zero-order chi connectivity index (χ0) is 35.1. The van der Waals surface area contributed by atoms with Gasteiger partial charge in [0.2, 0.25) is 0 Å². The molecule has 0 saturated carbocycles. The minimum Gasteiger partial charge on any atom is -0.429 e. The van der Waals surface area contributed by atoms with E-state index in [2.05, 4.69) is 22.7 Å². The average Bonchev–Trinajstić information content (AvgIpc) is 3.06. The number of pyridine rings is 1. The number of aromatic nitrogens is 1. The molecule has 0 saturated heterocycles. The zero-order valence-corrected chi connectivity index (χ0v) is 26.4. The summed E-state index contributed by atoms with van der Waals surface area (Å²) >= 11 is 0. The highest BCUT2D eigenvalue weighted by Gasteiger charge is 2.41. The van der Waals surface area contributed by atoms with Crippen molar-refractivity contribution in [2.24, 2.45) is 0 Å². The van der Waals surface area contributed by atoms with Crippen LogP contribution in [0, 0.1) is 34.9 Å². The first kappa shape index (κ1) is 35.3. The fraction of sp³-hybridized carbons (Fsp3) is 0.205. The Balaban J connectivity index is 1.19. The third kappa shape index (κ3) is 8.73. The van der Waals surface area contributed by atoms with Crippen LogP contribution in [-0.4, -0.2) is 4.98 Å². The van der Waals surface area contributed by atoms with Gasteiger partial charge < -0.3 is 4.74 Å². The average molecular weight is 682 g/mol. The largest absolute Gasteiger partial charge is 0.432 e. The Hall–Kier alpha value is -4.99. The van der Waals surface area contributed by atoms with Crippen LogP contribution < -0.4 is 4.74 Å². The summed E-state index contributed by atoms with van der Waals surface area (Å²) in [6.45, 7) is 2.17. The van der Waals surface area contributed by atoms with E-state index in [9.17, 15) is 35.1 Å². The van der Waals surface area contributed by atoms with Crippen LogP contribution in [0.2, 0.25) is 0 Å². The van der Waals surface area contributed by atoms with Crippen molar-refractivity contribution in [2.45, 2.75) is 51.6 Å². The van der Waals surface area contributed by atoms with Gasteiger partial charge in [-0.3, -0.25) is 4.98 Å². The normalized spacial score (nSPS) is 11.8. The number of alkyl halides is 2. The lowest BCUT2D eigenvalue weighted by molar-refractivity contribution is -0.189. The van der Waals surface area contributed by atoms with E-state index in [0.29, 0.717) is 23.3 Å². The number of benzene rings is 4. The van der Waals surface area contributed by atoms with Gasteiger partial charge in [0, 0.05) is 23.9 Å². The maximum absolute atomic E-state index is 15.0. The van der Waals surface area contributed by atoms with Crippen LogP contribution in [0.15, 0.2) is 91.1 Å². The molecule has 1 aromatic heterocycles. The van der Waals surface area contributed by atoms with E-state index in [0.717, 1.165) is 29.7 Å². The number of hydrogen-bond donors (Lipinski definition) is 0. The second-order valence-corrected chi connectivity index (χ2v) is 11.5. The summed E-state index contributed by atoms with van der Waals surface area (Å²) in [7, 11) is 0. The summed E-state index contributed by atoms with van der Waals surface area (Å²) in [5.41, 5.74) is 3.02. The number of nitrogens with zero attached hydrogens (tertiary/aromatic N) is 1. The van der Waals surface area contributed by atoms with Crippen LogP contribution in [0.5, 0.6) is 5.75 Å². The first-order chi connectivity index (χ1) is 23.4. The van der Waals surface area contributed by atoms with Crippen molar-refractivity contribution in [3.63, 3.8) is 0 Å². The topological polar surface area (TPSA) is 22.1 Å². The molecule has 254 valence electrons. The lowest BCUT2D eigenvalue weighted by Gasteiger charge is -2.20. The van der Waals surface area contributed by atoms with Crippen molar-refractivity contribution in [2.75, 3.05) is 0 Å². The number of hydrogen-bond acceptors (Lipinski definition) is 2. The maximum Gasteiger partial charge on any atom is 0.432 e. The summed E-state index contributed by atoms with van der Waals surface area (Å²) in [4.78, 5) is 4.59. The molecule has 0 aliphatic rings. The van der Waals surface area contributed by atoms with E-state index in [-0.39, 0.29) is 30.5 Å². The third-order valence-electron chi connectivity index (χ3n) is 7.91. The van der Waals surface area contributed by atoms with Gasteiger partial charge in [0.1, 0.15) is 28.8 Å². The lowest BCUT2D eigenvalue weighted by Crippen LogP contribution is -2.25. The Kier molecular flexibility index (Phi) is 11.2. The van der Waals surface area contributed by atoms with Gasteiger partial charge in [0.25, 0.3) is 0 Å². The number of rotatable bonds is 13. The molecule has 0 bridgehead atoms. The Morgan fingerprint density at radius 3 is 1.94 bits per heavy atom. The summed E-state index contributed by atoms with van der Waals surface area (Å²) < 4.78 is 117. The molecular formula is C39H31F8NO. The van der Waals surface area contributed by atoms with Crippen LogP contribution in [0.3, 0.4) is 0 Å². The summed E-state index contributed by atoms with van der Waals surface area (Å²) in [5.74, 6) is -10.5. The molecule has 1 heterocycles. The maximum atomic E-state index is 15.0.